The average Bonchev–Trinajstić information content (AvgIpc) is 3.04. The first-order valence-electron chi connectivity index (χ1n) is 8.26. The molecule has 2 aromatic carbocycles. The number of halogens is 1. The molecule has 1 saturated heterocycles. The van der Waals surface area contributed by atoms with E-state index in [9.17, 15) is 9.18 Å². The van der Waals surface area contributed by atoms with E-state index in [1.807, 2.05) is 35.2 Å². The van der Waals surface area contributed by atoms with Gasteiger partial charge in [0.25, 0.3) is 11.1 Å². The first-order valence-corrected chi connectivity index (χ1v) is 9.08. The average molecular weight is 356 g/mol. The molecule has 2 heterocycles. The van der Waals surface area contributed by atoms with Crippen LogP contribution in [0.1, 0.15) is 23.2 Å². The molecule has 0 saturated carbocycles. The number of hydrogen-bond donors (Lipinski definition) is 0. The summed E-state index contributed by atoms with van der Waals surface area (Å²) in [7, 11) is 0. The lowest BCUT2D eigenvalue weighted by molar-refractivity contribution is 0.0595. The number of hydrogen-bond acceptors (Lipinski definition) is 4. The molecule has 1 aliphatic rings. The molecule has 4 rings (SSSR count). The minimum Gasteiger partial charge on any atom is -0.467 e. The number of thiazole rings is 1. The molecule has 0 bridgehead atoms. The van der Waals surface area contributed by atoms with E-state index in [1.165, 1.54) is 23.5 Å². The van der Waals surface area contributed by atoms with Crippen molar-refractivity contribution in [3.05, 3.63) is 59.9 Å². The third-order valence-corrected chi connectivity index (χ3v) is 5.26. The van der Waals surface area contributed by atoms with E-state index in [0.29, 0.717) is 18.3 Å². The van der Waals surface area contributed by atoms with Crippen molar-refractivity contribution in [3.63, 3.8) is 0 Å². The minimum atomic E-state index is -0.268. The Labute approximate surface area is 148 Å². The van der Waals surface area contributed by atoms with Crippen LogP contribution in [0.4, 0.5) is 4.39 Å². The van der Waals surface area contributed by atoms with Gasteiger partial charge in [0, 0.05) is 31.5 Å². The number of carbonyl (C=O) groups is 1. The highest BCUT2D eigenvalue weighted by atomic mass is 32.1. The van der Waals surface area contributed by atoms with Crippen molar-refractivity contribution in [1.29, 1.82) is 0 Å². The van der Waals surface area contributed by atoms with Gasteiger partial charge in [-0.25, -0.2) is 9.37 Å². The van der Waals surface area contributed by atoms with Crippen LogP contribution in [-0.4, -0.2) is 35.0 Å². The second-order valence-electron chi connectivity index (χ2n) is 6.07. The number of carbonyl (C=O) groups excluding carboxylic acids is 1. The molecule has 1 aromatic heterocycles. The van der Waals surface area contributed by atoms with Crippen molar-refractivity contribution in [2.24, 2.45) is 0 Å². The summed E-state index contributed by atoms with van der Waals surface area (Å²) in [6.07, 6.45) is 1.57. The van der Waals surface area contributed by atoms with Crippen LogP contribution in [0.2, 0.25) is 0 Å². The van der Waals surface area contributed by atoms with Gasteiger partial charge in [0.15, 0.2) is 0 Å². The minimum absolute atomic E-state index is 0.0326. The van der Waals surface area contributed by atoms with E-state index in [0.717, 1.165) is 28.6 Å². The van der Waals surface area contributed by atoms with E-state index in [2.05, 4.69) is 4.98 Å². The third-order valence-electron chi connectivity index (χ3n) is 4.35. The van der Waals surface area contributed by atoms with Gasteiger partial charge in [-0.15, -0.1) is 0 Å². The van der Waals surface area contributed by atoms with Crippen molar-refractivity contribution in [2.75, 3.05) is 13.1 Å². The number of benzene rings is 2. The maximum absolute atomic E-state index is 13.3. The summed E-state index contributed by atoms with van der Waals surface area (Å²) in [5.74, 6) is -0.204. The van der Waals surface area contributed by atoms with Crippen LogP contribution < -0.4 is 4.74 Å². The highest BCUT2D eigenvalue weighted by Gasteiger charge is 2.25. The third kappa shape index (κ3) is 3.49. The molecule has 0 radical (unpaired) electrons. The first-order chi connectivity index (χ1) is 12.2. The second-order valence-corrected chi connectivity index (χ2v) is 7.06. The molecule has 25 heavy (non-hydrogen) atoms. The van der Waals surface area contributed by atoms with Crippen molar-refractivity contribution in [1.82, 2.24) is 9.88 Å². The summed E-state index contributed by atoms with van der Waals surface area (Å²) in [5, 5.41) is 0.563. The molecule has 1 aliphatic heterocycles. The number of piperidine rings is 1. The maximum Gasteiger partial charge on any atom is 0.274 e. The monoisotopic (exact) mass is 356 g/mol. The van der Waals surface area contributed by atoms with E-state index in [1.54, 1.807) is 6.07 Å². The summed E-state index contributed by atoms with van der Waals surface area (Å²) in [5.41, 5.74) is 1.47. The summed E-state index contributed by atoms with van der Waals surface area (Å²) < 4.78 is 20.0. The van der Waals surface area contributed by atoms with Gasteiger partial charge < -0.3 is 9.64 Å². The maximum atomic E-state index is 13.3. The fourth-order valence-electron chi connectivity index (χ4n) is 3.01. The van der Waals surface area contributed by atoms with Gasteiger partial charge in [-0.1, -0.05) is 29.5 Å². The lowest BCUT2D eigenvalue weighted by Crippen LogP contribution is -2.41. The standard InChI is InChI=1S/C19H17FN2O2S/c20-14-6-7-16-17(12-14)25-19(21-16)24-15-8-10-22(11-9-15)18(23)13-4-2-1-3-5-13/h1-7,12,15H,8-11H2. The Hall–Kier alpha value is -2.47. The normalized spacial score (nSPS) is 15.5. The topological polar surface area (TPSA) is 42.4 Å². The predicted molar refractivity (Wildman–Crippen MR) is 95.6 cm³/mol. The lowest BCUT2D eigenvalue weighted by atomic mass is 10.1. The Balaban J connectivity index is 1.37. The van der Waals surface area contributed by atoms with E-state index < -0.39 is 0 Å². The van der Waals surface area contributed by atoms with E-state index >= 15 is 0 Å². The Morgan fingerprint density at radius 1 is 1.16 bits per heavy atom. The van der Waals surface area contributed by atoms with Gasteiger partial charge in [0.1, 0.15) is 11.9 Å². The zero-order chi connectivity index (χ0) is 17.2. The Bertz CT molecular complexity index is 889. The van der Waals surface area contributed by atoms with Crippen LogP contribution >= 0.6 is 11.3 Å². The fourth-order valence-corrected chi connectivity index (χ4v) is 3.92. The summed E-state index contributed by atoms with van der Waals surface area (Å²) in [6.45, 7) is 1.33. The number of fused-ring (bicyclic) bond motifs is 1. The molecule has 0 N–H and O–H groups in total. The molecular formula is C19H17FN2O2S. The second kappa shape index (κ2) is 6.80. The van der Waals surface area contributed by atoms with Gasteiger partial charge in [0.05, 0.1) is 10.2 Å². The largest absolute Gasteiger partial charge is 0.467 e. The van der Waals surface area contributed by atoms with Crippen molar-refractivity contribution < 1.29 is 13.9 Å². The van der Waals surface area contributed by atoms with Gasteiger partial charge >= 0.3 is 0 Å². The number of nitrogens with zero attached hydrogens (tertiary/aromatic N) is 2. The van der Waals surface area contributed by atoms with Gasteiger partial charge in [-0.05, 0) is 30.3 Å². The van der Waals surface area contributed by atoms with Crippen LogP contribution in [0.25, 0.3) is 10.2 Å². The molecule has 1 amide bonds. The number of rotatable bonds is 3. The molecule has 3 aromatic rings. The Morgan fingerprint density at radius 2 is 1.92 bits per heavy atom. The van der Waals surface area contributed by atoms with Crippen molar-refractivity contribution >= 4 is 27.5 Å². The summed E-state index contributed by atoms with van der Waals surface area (Å²) in [4.78, 5) is 18.7. The molecule has 0 atom stereocenters. The van der Waals surface area contributed by atoms with Gasteiger partial charge in [0.2, 0.25) is 0 Å². The van der Waals surface area contributed by atoms with E-state index in [4.69, 9.17) is 4.74 Å². The molecule has 4 nitrogen and oxygen atoms in total. The van der Waals surface area contributed by atoms with Crippen LogP contribution in [0, 0.1) is 5.82 Å². The number of ether oxygens (including phenoxy) is 1. The van der Waals surface area contributed by atoms with Crippen molar-refractivity contribution in [2.45, 2.75) is 18.9 Å². The van der Waals surface area contributed by atoms with Crippen LogP contribution in [-0.2, 0) is 0 Å². The van der Waals surface area contributed by atoms with Crippen LogP contribution in [0.3, 0.4) is 0 Å². The smallest absolute Gasteiger partial charge is 0.274 e. The molecule has 6 heteroatoms. The molecule has 128 valence electrons. The quantitative estimate of drug-likeness (QED) is 0.709. The molecule has 0 spiro atoms. The summed E-state index contributed by atoms with van der Waals surface area (Å²) in [6, 6.07) is 13.9. The SMILES string of the molecule is O=C(c1ccccc1)N1CCC(Oc2nc3ccc(F)cc3s2)CC1. The zero-order valence-electron chi connectivity index (χ0n) is 13.5. The van der Waals surface area contributed by atoms with Crippen LogP contribution in [0.15, 0.2) is 48.5 Å². The molecular weight excluding hydrogens is 339 g/mol. The molecule has 1 fully saturated rings. The van der Waals surface area contributed by atoms with Gasteiger partial charge in [-0.2, -0.15) is 0 Å². The highest BCUT2D eigenvalue weighted by Crippen LogP contribution is 2.30. The molecule has 0 unspecified atom stereocenters. The predicted octanol–water partition coefficient (Wildman–Crippen LogP) is 4.12. The number of aromatic nitrogens is 1. The lowest BCUT2D eigenvalue weighted by Gasteiger charge is -2.31. The Kier molecular flexibility index (Phi) is 4.36. The number of likely N-dealkylation sites (tertiary alicyclic amines) is 1. The Morgan fingerprint density at radius 3 is 2.68 bits per heavy atom. The molecule has 0 aliphatic carbocycles. The van der Waals surface area contributed by atoms with Gasteiger partial charge in [-0.3, -0.25) is 4.79 Å². The first kappa shape index (κ1) is 16.0. The number of amides is 1. The van der Waals surface area contributed by atoms with Crippen LogP contribution in [0.5, 0.6) is 5.19 Å². The van der Waals surface area contributed by atoms with Crippen molar-refractivity contribution in [3.8, 4) is 5.19 Å². The van der Waals surface area contributed by atoms with E-state index in [-0.39, 0.29) is 17.8 Å². The fraction of sp³-hybridized carbons (Fsp3) is 0.263. The highest BCUT2D eigenvalue weighted by molar-refractivity contribution is 7.20. The summed E-state index contributed by atoms with van der Waals surface area (Å²) >= 11 is 1.36. The zero-order valence-corrected chi connectivity index (χ0v) is 14.3.